The lowest BCUT2D eigenvalue weighted by Crippen LogP contribution is -2.44. The molecule has 1 aliphatic carbocycles. The van der Waals surface area contributed by atoms with Crippen LogP contribution in [0.2, 0.25) is 0 Å². The van der Waals surface area contributed by atoms with E-state index in [2.05, 4.69) is 43.5 Å². The summed E-state index contributed by atoms with van der Waals surface area (Å²) in [6, 6.07) is 8.70. The van der Waals surface area contributed by atoms with Gasteiger partial charge in [-0.3, -0.25) is 4.79 Å². The molecule has 1 heterocycles. The minimum Gasteiger partial charge on any atom is -0.446 e. The summed E-state index contributed by atoms with van der Waals surface area (Å²) in [5, 5.41) is 8.85. The Bertz CT molecular complexity index is 972. The number of benzene rings is 1. The predicted octanol–water partition coefficient (Wildman–Crippen LogP) is 5.13. The Kier molecular flexibility index (Phi) is 7.91. The first-order chi connectivity index (χ1) is 15.1. The van der Waals surface area contributed by atoms with Crippen molar-refractivity contribution in [1.82, 2.24) is 15.6 Å². The topological polar surface area (TPSA) is 92.4 Å². The van der Waals surface area contributed by atoms with Gasteiger partial charge in [0.2, 0.25) is 0 Å². The average molecular weight is 554 g/mol. The third-order valence-corrected chi connectivity index (χ3v) is 5.62. The van der Waals surface area contributed by atoms with Crippen molar-refractivity contribution < 1.29 is 18.7 Å². The second-order valence-corrected chi connectivity index (χ2v) is 10.2. The molecule has 0 saturated heterocycles. The van der Waals surface area contributed by atoms with E-state index < -0.39 is 11.9 Å². The molecule has 0 aliphatic heterocycles. The Morgan fingerprint density at radius 3 is 2.53 bits per heavy atom. The molecule has 7 nitrogen and oxygen atoms in total. The molecule has 2 aromatic rings. The molecular formula is C23H28FIN4O3. The van der Waals surface area contributed by atoms with Crippen LogP contribution in [0.3, 0.4) is 0 Å². The van der Waals surface area contributed by atoms with Crippen LogP contribution in [0.15, 0.2) is 36.5 Å². The molecule has 32 heavy (non-hydrogen) atoms. The quantitative estimate of drug-likeness (QED) is 0.446. The Morgan fingerprint density at radius 1 is 1.16 bits per heavy atom. The van der Waals surface area contributed by atoms with Gasteiger partial charge >= 0.3 is 6.09 Å². The number of ether oxygens (including phenoxy) is 1. The maximum atomic E-state index is 13.9. The van der Waals surface area contributed by atoms with E-state index in [1.807, 2.05) is 45.0 Å². The standard InChI is InChI=1S/C23H28FIN4O3/c1-23(2,3)29-22(31)32-18-9-7-16(8-10-18)28-21(30)19-11-14(24)13-26-20(19)27-17-6-4-5-15(25)12-17/h4-6,11-13,16,18H,7-10H2,1-3H3,(H,26,27)(H,28,30)(H,29,31). The predicted molar refractivity (Wildman–Crippen MR) is 130 cm³/mol. The summed E-state index contributed by atoms with van der Waals surface area (Å²) in [6.07, 6.45) is 3.11. The second-order valence-electron chi connectivity index (χ2n) is 8.91. The lowest BCUT2D eigenvalue weighted by molar-refractivity contribution is 0.0615. The number of nitrogens with one attached hydrogen (secondary N) is 3. The van der Waals surface area contributed by atoms with Crippen LogP contribution in [0.1, 0.15) is 56.8 Å². The molecule has 1 saturated carbocycles. The number of alkyl carbamates (subject to hydrolysis) is 1. The van der Waals surface area contributed by atoms with Crippen molar-refractivity contribution in [3.63, 3.8) is 0 Å². The van der Waals surface area contributed by atoms with E-state index in [4.69, 9.17) is 4.74 Å². The highest BCUT2D eigenvalue weighted by atomic mass is 127. The maximum Gasteiger partial charge on any atom is 0.407 e. The van der Waals surface area contributed by atoms with Crippen LogP contribution in [0, 0.1) is 9.39 Å². The van der Waals surface area contributed by atoms with Crippen LogP contribution in [-0.2, 0) is 4.74 Å². The monoisotopic (exact) mass is 554 g/mol. The van der Waals surface area contributed by atoms with Gasteiger partial charge in [0.25, 0.3) is 5.91 Å². The van der Waals surface area contributed by atoms with Crippen molar-refractivity contribution in [2.24, 2.45) is 0 Å². The molecule has 172 valence electrons. The summed E-state index contributed by atoms with van der Waals surface area (Å²) in [6.45, 7) is 5.68. The summed E-state index contributed by atoms with van der Waals surface area (Å²) < 4.78 is 20.4. The fraction of sp³-hybridized carbons (Fsp3) is 0.435. The van der Waals surface area contributed by atoms with Gasteiger partial charge in [-0.25, -0.2) is 14.2 Å². The van der Waals surface area contributed by atoms with E-state index in [9.17, 15) is 14.0 Å². The van der Waals surface area contributed by atoms with Crippen molar-refractivity contribution in [2.45, 2.75) is 64.1 Å². The van der Waals surface area contributed by atoms with E-state index in [0.29, 0.717) is 31.5 Å². The van der Waals surface area contributed by atoms with Crippen molar-refractivity contribution in [2.75, 3.05) is 5.32 Å². The fourth-order valence-electron chi connectivity index (χ4n) is 3.49. The van der Waals surface area contributed by atoms with Gasteiger partial charge in [0, 0.05) is 20.8 Å². The number of anilines is 2. The maximum absolute atomic E-state index is 13.9. The Labute approximate surface area is 201 Å². The zero-order valence-electron chi connectivity index (χ0n) is 18.4. The van der Waals surface area contributed by atoms with E-state index in [0.717, 1.165) is 15.5 Å². The van der Waals surface area contributed by atoms with Crippen molar-refractivity contribution >= 4 is 46.1 Å². The van der Waals surface area contributed by atoms with E-state index in [-0.39, 0.29) is 29.2 Å². The van der Waals surface area contributed by atoms with Crippen molar-refractivity contribution in [3.05, 3.63) is 51.5 Å². The Morgan fingerprint density at radius 2 is 1.88 bits per heavy atom. The van der Waals surface area contributed by atoms with Crippen LogP contribution < -0.4 is 16.0 Å². The summed E-state index contributed by atoms with van der Waals surface area (Å²) >= 11 is 2.19. The van der Waals surface area contributed by atoms with Gasteiger partial charge in [0.05, 0.1) is 11.8 Å². The molecule has 3 rings (SSSR count). The van der Waals surface area contributed by atoms with Crippen LogP contribution in [0.25, 0.3) is 0 Å². The molecule has 0 unspecified atom stereocenters. The number of hydrogen-bond donors (Lipinski definition) is 3. The van der Waals surface area contributed by atoms with Crippen LogP contribution in [0.5, 0.6) is 0 Å². The first-order valence-corrected chi connectivity index (χ1v) is 11.6. The number of aromatic nitrogens is 1. The third kappa shape index (κ3) is 7.32. The molecule has 0 atom stereocenters. The summed E-state index contributed by atoms with van der Waals surface area (Å²) in [4.78, 5) is 28.9. The lowest BCUT2D eigenvalue weighted by atomic mass is 9.92. The number of rotatable bonds is 5. The minimum atomic E-state index is -0.578. The number of halogens is 2. The summed E-state index contributed by atoms with van der Waals surface area (Å²) in [7, 11) is 0. The molecule has 2 amide bonds. The van der Waals surface area contributed by atoms with Crippen LogP contribution in [0.4, 0.5) is 20.7 Å². The van der Waals surface area contributed by atoms with E-state index >= 15 is 0 Å². The Balaban J connectivity index is 1.58. The molecule has 9 heteroatoms. The van der Waals surface area contributed by atoms with Crippen molar-refractivity contribution in [1.29, 1.82) is 0 Å². The molecule has 1 aliphatic rings. The minimum absolute atomic E-state index is 0.0816. The highest BCUT2D eigenvalue weighted by Gasteiger charge is 2.27. The molecule has 1 aromatic carbocycles. The van der Waals surface area contributed by atoms with Gasteiger partial charge in [-0.05, 0) is 93.3 Å². The number of carbonyl (C=O) groups excluding carboxylic acids is 2. The molecule has 1 aromatic heterocycles. The summed E-state index contributed by atoms with van der Waals surface area (Å²) in [5.74, 6) is -0.674. The van der Waals surface area contributed by atoms with Crippen molar-refractivity contribution in [3.8, 4) is 0 Å². The number of carbonyl (C=O) groups is 2. The molecule has 0 spiro atoms. The normalized spacial score (nSPS) is 18.5. The SMILES string of the molecule is CC(C)(C)NC(=O)OC1CCC(NC(=O)c2cc(F)cnc2Nc2cccc(I)c2)CC1. The van der Waals surface area contributed by atoms with Gasteiger partial charge in [0.15, 0.2) is 0 Å². The number of pyridine rings is 1. The number of amides is 2. The van der Waals surface area contributed by atoms with Crippen LogP contribution in [-0.4, -0.2) is 34.7 Å². The second kappa shape index (κ2) is 10.5. The Hall–Kier alpha value is -2.43. The molecule has 0 radical (unpaired) electrons. The molecule has 3 N–H and O–H groups in total. The average Bonchev–Trinajstić information content (AvgIpc) is 2.69. The fourth-order valence-corrected chi connectivity index (χ4v) is 4.03. The summed E-state index contributed by atoms with van der Waals surface area (Å²) in [5.41, 5.74) is 0.549. The zero-order valence-corrected chi connectivity index (χ0v) is 20.5. The molecule has 0 bridgehead atoms. The lowest BCUT2D eigenvalue weighted by Gasteiger charge is -2.30. The highest BCUT2D eigenvalue weighted by Crippen LogP contribution is 2.24. The van der Waals surface area contributed by atoms with Crippen LogP contribution >= 0.6 is 22.6 Å². The number of hydrogen-bond acceptors (Lipinski definition) is 5. The van der Waals surface area contributed by atoms with E-state index in [1.165, 1.54) is 6.07 Å². The first-order valence-electron chi connectivity index (χ1n) is 10.6. The first kappa shape index (κ1) is 24.2. The molecular weight excluding hydrogens is 526 g/mol. The zero-order chi connectivity index (χ0) is 23.3. The largest absolute Gasteiger partial charge is 0.446 e. The van der Waals surface area contributed by atoms with E-state index in [1.54, 1.807) is 0 Å². The number of nitrogens with zero attached hydrogens (tertiary/aromatic N) is 1. The highest BCUT2D eigenvalue weighted by molar-refractivity contribution is 14.1. The van der Waals surface area contributed by atoms with Gasteiger partial charge in [-0.2, -0.15) is 0 Å². The molecule has 1 fully saturated rings. The van der Waals surface area contributed by atoms with Gasteiger partial charge in [0.1, 0.15) is 17.7 Å². The third-order valence-electron chi connectivity index (χ3n) is 4.95. The smallest absolute Gasteiger partial charge is 0.407 e. The van der Waals surface area contributed by atoms with Gasteiger partial charge < -0.3 is 20.7 Å². The van der Waals surface area contributed by atoms with Gasteiger partial charge in [-0.1, -0.05) is 6.07 Å². The van der Waals surface area contributed by atoms with Gasteiger partial charge in [-0.15, -0.1) is 0 Å².